The van der Waals surface area contributed by atoms with Crippen LogP contribution in [0.2, 0.25) is 0 Å². The third kappa shape index (κ3) is 3.23. The molecule has 1 aliphatic carbocycles. The molecule has 2 rings (SSSR count). The van der Waals surface area contributed by atoms with Crippen LogP contribution in [0, 0.1) is 5.92 Å². The number of aromatic nitrogens is 2. The molecule has 4 heteroatoms. The van der Waals surface area contributed by atoms with E-state index in [9.17, 15) is 0 Å². The Morgan fingerprint density at radius 2 is 2.20 bits per heavy atom. The summed E-state index contributed by atoms with van der Waals surface area (Å²) in [7, 11) is 5.99. The highest BCUT2D eigenvalue weighted by Gasteiger charge is 2.40. The van der Waals surface area contributed by atoms with Crippen LogP contribution in [0.25, 0.3) is 0 Å². The fourth-order valence-electron chi connectivity index (χ4n) is 3.53. The van der Waals surface area contributed by atoms with Crippen LogP contribution in [0.1, 0.15) is 44.9 Å². The Morgan fingerprint density at radius 3 is 2.70 bits per heavy atom. The molecule has 1 N–H and O–H groups in total. The number of imidazole rings is 1. The van der Waals surface area contributed by atoms with E-state index in [-0.39, 0.29) is 5.60 Å². The van der Waals surface area contributed by atoms with Crippen molar-refractivity contribution in [3.63, 3.8) is 0 Å². The summed E-state index contributed by atoms with van der Waals surface area (Å²) in [5, 5.41) is 3.50. The molecule has 1 aromatic rings. The highest BCUT2D eigenvalue weighted by Crippen LogP contribution is 2.38. The van der Waals surface area contributed by atoms with Crippen LogP contribution in [-0.4, -0.2) is 35.4 Å². The Bertz CT molecular complexity index is 408. The predicted molar refractivity (Wildman–Crippen MR) is 81.7 cm³/mol. The second kappa shape index (κ2) is 6.72. The SMILES string of the molecule is CNC(CCc1nccn1C)C1(OC)CCC(C)CC1. The second-order valence-corrected chi connectivity index (χ2v) is 6.29. The van der Waals surface area contributed by atoms with Crippen molar-refractivity contribution in [2.45, 2.75) is 57.1 Å². The van der Waals surface area contributed by atoms with E-state index in [4.69, 9.17) is 4.74 Å². The van der Waals surface area contributed by atoms with Crippen LogP contribution in [0.3, 0.4) is 0 Å². The minimum atomic E-state index is 0.00637. The van der Waals surface area contributed by atoms with Gasteiger partial charge >= 0.3 is 0 Å². The summed E-state index contributed by atoms with van der Waals surface area (Å²) in [5.41, 5.74) is 0.00637. The van der Waals surface area contributed by atoms with Gasteiger partial charge in [0.2, 0.25) is 0 Å². The summed E-state index contributed by atoms with van der Waals surface area (Å²) in [6.07, 6.45) is 10.8. The number of nitrogens with zero attached hydrogens (tertiary/aromatic N) is 2. The van der Waals surface area contributed by atoms with E-state index in [0.717, 1.165) is 37.4 Å². The number of hydrogen-bond donors (Lipinski definition) is 1. The van der Waals surface area contributed by atoms with Crippen molar-refractivity contribution >= 4 is 0 Å². The molecule has 1 unspecified atom stereocenters. The van der Waals surface area contributed by atoms with Gasteiger partial charge in [-0.05, 0) is 45.1 Å². The number of rotatable bonds is 6. The van der Waals surface area contributed by atoms with Gasteiger partial charge in [0.05, 0.1) is 5.60 Å². The molecule has 20 heavy (non-hydrogen) atoms. The molecule has 1 atom stereocenters. The van der Waals surface area contributed by atoms with Crippen LogP contribution in [0.4, 0.5) is 0 Å². The largest absolute Gasteiger partial charge is 0.377 e. The first-order valence-corrected chi connectivity index (χ1v) is 7.80. The van der Waals surface area contributed by atoms with Crippen molar-refractivity contribution in [1.29, 1.82) is 0 Å². The van der Waals surface area contributed by atoms with Gasteiger partial charge in [-0.15, -0.1) is 0 Å². The van der Waals surface area contributed by atoms with E-state index in [2.05, 4.69) is 35.9 Å². The summed E-state index contributed by atoms with van der Waals surface area (Å²) in [4.78, 5) is 4.42. The van der Waals surface area contributed by atoms with E-state index in [0.29, 0.717) is 6.04 Å². The van der Waals surface area contributed by atoms with Crippen molar-refractivity contribution in [1.82, 2.24) is 14.9 Å². The average Bonchev–Trinajstić information content (AvgIpc) is 2.87. The van der Waals surface area contributed by atoms with Crippen molar-refractivity contribution in [2.24, 2.45) is 13.0 Å². The first-order valence-electron chi connectivity index (χ1n) is 7.80. The van der Waals surface area contributed by atoms with Crippen molar-refractivity contribution in [3.8, 4) is 0 Å². The first-order chi connectivity index (χ1) is 9.61. The Labute approximate surface area is 122 Å². The number of aryl methyl sites for hydroxylation is 2. The quantitative estimate of drug-likeness (QED) is 0.870. The predicted octanol–water partition coefficient (Wildman–Crippen LogP) is 2.54. The fourth-order valence-corrected chi connectivity index (χ4v) is 3.53. The van der Waals surface area contributed by atoms with E-state index in [1.807, 2.05) is 19.5 Å². The Kier molecular flexibility index (Phi) is 5.22. The molecule has 0 amide bonds. The molecular formula is C16H29N3O. The monoisotopic (exact) mass is 279 g/mol. The Morgan fingerprint density at radius 1 is 1.50 bits per heavy atom. The van der Waals surface area contributed by atoms with E-state index >= 15 is 0 Å². The lowest BCUT2D eigenvalue weighted by atomic mass is 9.74. The minimum absolute atomic E-state index is 0.00637. The zero-order chi connectivity index (χ0) is 14.6. The molecular weight excluding hydrogens is 250 g/mol. The number of methoxy groups -OCH3 is 1. The van der Waals surface area contributed by atoms with Crippen LogP contribution in [0.5, 0.6) is 0 Å². The molecule has 0 aromatic carbocycles. The van der Waals surface area contributed by atoms with Gasteiger partial charge in [-0.2, -0.15) is 0 Å². The lowest BCUT2D eigenvalue weighted by Crippen LogP contribution is -2.53. The van der Waals surface area contributed by atoms with Crippen molar-refractivity contribution in [3.05, 3.63) is 18.2 Å². The molecule has 0 saturated heterocycles. The van der Waals surface area contributed by atoms with Crippen LogP contribution in [-0.2, 0) is 18.2 Å². The first kappa shape index (κ1) is 15.5. The van der Waals surface area contributed by atoms with Gasteiger partial charge in [0, 0.05) is 39.0 Å². The van der Waals surface area contributed by atoms with Crippen LogP contribution >= 0.6 is 0 Å². The summed E-state index contributed by atoms with van der Waals surface area (Å²) in [6.45, 7) is 2.35. The Hall–Kier alpha value is -0.870. The third-order valence-corrected chi connectivity index (χ3v) is 5.09. The molecule has 1 aromatic heterocycles. The average molecular weight is 279 g/mol. The molecule has 0 spiro atoms. The molecule has 0 radical (unpaired) electrons. The second-order valence-electron chi connectivity index (χ2n) is 6.29. The normalized spacial score (nSPS) is 28.5. The highest BCUT2D eigenvalue weighted by atomic mass is 16.5. The summed E-state index contributed by atoms with van der Waals surface area (Å²) in [6, 6.07) is 0.400. The third-order valence-electron chi connectivity index (χ3n) is 5.09. The topological polar surface area (TPSA) is 39.1 Å². The molecule has 1 fully saturated rings. The van der Waals surface area contributed by atoms with Gasteiger partial charge in [-0.1, -0.05) is 6.92 Å². The van der Waals surface area contributed by atoms with Gasteiger partial charge in [-0.3, -0.25) is 0 Å². The van der Waals surface area contributed by atoms with E-state index in [1.54, 1.807) is 0 Å². The maximum atomic E-state index is 5.99. The smallest absolute Gasteiger partial charge is 0.108 e. The lowest BCUT2D eigenvalue weighted by molar-refractivity contribution is -0.0749. The minimum Gasteiger partial charge on any atom is -0.377 e. The summed E-state index contributed by atoms with van der Waals surface area (Å²) >= 11 is 0. The number of ether oxygens (including phenoxy) is 1. The van der Waals surface area contributed by atoms with Gasteiger partial charge < -0.3 is 14.6 Å². The van der Waals surface area contributed by atoms with Gasteiger partial charge in [0.1, 0.15) is 5.82 Å². The summed E-state index contributed by atoms with van der Waals surface area (Å²) < 4.78 is 8.10. The summed E-state index contributed by atoms with van der Waals surface area (Å²) in [5.74, 6) is 1.99. The lowest BCUT2D eigenvalue weighted by Gasteiger charge is -2.44. The maximum absolute atomic E-state index is 5.99. The zero-order valence-corrected chi connectivity index (χ0v) is 13.4. The standard InChI is InChI=1S/C16H29N3O/c1-13-7-9-16(20-4,10-8-13)14(17-2)5-6-15-18-11-12-19(15)3/h11-14,17H,5-10H2,1-4H3. The number of nitrogens with one attached hydrogen (secondary N) is 1. The van der Waals surface area contributed by atoms with Gasteiger partial charge in [0.15, 0.2) is 0 Å². The highest BCUT2D eigenvalue weighted by molar-refractivity contribution is 4.99. The number of likely N-dealkylation sites (N-methyl/N-ethyl adjacent to an activating group) is 1. The molecule has 0 bridgehead atoms. The van der Waals surface area contributed by atoms with Crippen molar-refractivity contribution in [2.75, 3.05) is 14.2 Å². The van der Waals surface area contributed by atoms with Crippen molar-refractivity contribution < 1.29 is 4.74 Å². The Balaban J connectivity index is 2.00. The molecule has 4 nitrogen and oxygen atoms in total. The van der Waals surface area contributed by atoms with Crippen LogP contribution < -0.4 is 5.32 Å². The fraction of sp³-hybridized carbons (Fsp3) is 0.812. The van der Waals surface area contributed by atoms with E-state index in [1.165, 1.54) is 12.8 Å². The molecule has 114 valence electrons. The zero-order valence-electron chi connectivity index (χ0n) is 13.4. The molecule has 0 aliphatic heterocycles. The van der Waals surface area contributed by atoms with Crippen LogP contribution in [0.15, 0.2) is 12.4 Å². The van der Waals surface area contributed by atoms with Gasteiger partial charge in [-0.25, -0.2) is 4.98 Å². The van der Waals surface area contributed by atoms with E-state index < -0.39 is 0 Å². The maximum Gasteiger partial charge on any atom is 0.108 e. The molecule has 1 aliphatic rings. The molecule has 1 saturated carbocycles. The molecule has 1 heterocycles. The van der Waals surface area contributed by atoms with Gasteiger partial charge in [0.25, 0.3) is 0 Å². The number of hydrogen-bond acceptors (Lipinski definition) is 3.